The summed E-state index contributed by atoms with van der Waals surface area (Å²) in [6.45, 7) is 4.84. The van der Waals surface area contributed by atoms with Crippen LogP contribution in [-0.4, -0.2) is 12.1 Å². The number of benzene rings is 1. The van der Waals surface area contributed by atoms with Gasteiger partial charge in [0.05, 0.1) is 0 Å². The molecule has 1 fully saturated rings. The van der Waals surface area contributed by atoms with Gasteiger partial charge in [0.25, 0.3) is 0 Å². The molecule has 4 atom stereocenters. The number of nitrogens with one attached hydrogen (secondary N) is 1. The van der Waals surface area contributed by atoms with Crippen LogP contribution in [0.15, 0.2) is 22.7 Å². The second kappa shape index (κ2) is 6.19. The number of hydrogen-bond donors (Lipinski definition) is 1. The summed E-state index contributed by atoms with van der Waals surface area (Å²) in [4.78, 5) is 0. The second-order valence-electron chi connectivity index (χ2n) is 7.02. The van der Waals surface area contributed by atoms with Crippen LogP contribution in [0, 0.1) is 11.8 Å². The van der Waals surface area contributed by atoms with Crippen molar-refractivity contribution in [2.75, 3.05) is 0 Å². The molecule has 1 nitrogen and oxygen atoms in total. The number of aryl methyl sites for hydroxylation is 1. The molecule has 0 spiro atoms. The zero-order valence-electron chi connectivity index (χ0n) is 12.7. The van der Waals surface area contributed by atoms with E-state index in [2.05, 4.69) is 53.3 Å². The standard InChI is InChI=1S/C18H26BrN/c1-12-3-8-18(13(2)9-12)20-17-7-5-14-10-16(19)6-4-15(14)11-17/h4,6,10,12-13,17-18,20H,3,5,7-9,11H2,1-2H3. The molecule has 2 aliphatic rings. The van der Waals surface area contributed by atoms with Crippen LogP contribution in [0.25, 0.3) is 0 Å². The Labute approximate surface area is 131 Å². The predicted octanol–water partition coefficient (Wildman–Crippen LogP) is 4.72. The van der Waals surface area contributed by atoms with Crippen molar-refractivity contribution in [3.63, 3.8) is 0 Å². The molecule has 0 heterocycles. The minimum Gasteiger partial charge on any atom is -0.311 e. The Kier molecular flexibility index (Phi) is 4.52. The molecule has 0 aliphatic heterocycles. The lowest BCUT2D eigenvalue weighted by atomic mass is 9.78. The summed E-state index contributed by atoms with van der Waals surface area (Å²) in [5.41, 5.74) is 3.09. The first-order chi connectivity index (χ1) is 9.61. The maximum absolute atomic E-state index is 3.97. The Morgan fingerprint density at radius 3 is 2.75 bits per heavy atom. The lowest BCUT2D eigenvalue weighted by molar-refractivity contribution is 0.208. The Bertz CT molecular complexity index is 470. The molecule has 2 heteroatoms. The van der Waals surface area contributed by atoms with Crippen LogP contribution in [-0.2, 0) is 12.8 Å². The fraction of sp³-hybridized carbons (Fsp3) is 0.667. The van der Waals surface area contributed by atoms with Crippen molar-refractivity contribution >= 4 is 15.9 Å². The van der Waals surface area contributed by atoms with Crippen molar-refractivity contribution < 1.29 is 0 Å². The normalized spacial score (nSPS) is 33.8. The van der Waals surface area contributed by atoms with E-state index in [1.807, 2.05) is 0 Å². The number of rotatable bonds is 2. The van der Waals surface area contributed by atoms with E-state index in [4.69, 9.17) is 0 Å². The van der Waals surface area contributed by atoms with Gasteiger partial charge in [0, 0.05) is 16.6 Å². The third kappa shape index (κ3) is 3.28. The van der Waals surface area contributed by atoms with E-state index >= 15 is 0 Å². The Morgan fingerprint density at radius 2 is 1.95 bits per heavy atom. The quantitative estimate of drug-likeness (QED) is 0.824. The first kappa shape index (κ1) is 14.6. The lowest BCUT2D eigenvalue weighted by Gasteiger charge is -2.37. The summed E-state index contributed by atoms with van der Waals surface area (Å²) in [7, 11) is 0. The maximum Gasteiger partial charge on any atom is 0.0178 e. The van der Waals surface area contributed by atoms with Gasteiger partial charge in [0.2, 0.25) is 0 Å². The van der Waals surface area contributed by atoms with Crippen molar-refractivity contribution in [1.29, 1.82) is 0 Å². The van der Waals surface area contributed by atoms with Crippen molar-refractivity contribution in [2.24, 2.45) is 11.8 Å². The van der Waals surface area contributed by atoms with Gasteiger partial charge in [-0.15, -0.1) is 0 Å². The lowest BCUT2D eigenvalue weighted by Crippen LogP contribution is -2.46. The summed E-state index contributed by atoms with van der Waals surface area (Å²) in [5.74, 6) is 1.76. The van der Waals surface area contributed by atoms with E-state index in [1.165, 1.54) is 43.0 Å². The fourth-order valence-electron chi connectivity index (χ4n) is 4.08. The zero-order valence-corrected chi connectivity index (χ0v) is 14.2. The monoisotopic (exact) mass is 335 g/mol. The molecular weight excluding hydrogens is 310 g/mol. The molecule has 110 valence electrons. The Balaban J connectivity index is 1.61. The number of hydrogen-bond acceptors (Lipinski definition) is 1. The van der Waals surface area contributed by atoms with Crippen molar-refractivity contribution in [3.8, 4) is 0 Å². The number of halogens is 1. The average molecular weight is 336 g/mol. The minimum absolute atomic E-state index is 0.685. The molecule has 1 aromatic rings. The van der Waals surface area contributed by atoms with Crippen LogP contribution in [0.4, 0.5) is 0 Å². The fourth-order valence-corrected chi connectivity index (χ4v) is 4.49. The van der Waals surface area contributed by atoms with Gasteiger partial charge in [-0.05, 0) is 73.6 Å². The highest BCUT2D eigenvalue weighted by Crippen LogP contribution is 2.31. The molecule has 0 bridgehead atoms. The van der Waals surface area contributed by atoms with Crippen molar-refractivity contribution in [2.45, 2.75) is 64.5 Å². The van der Waals surface area contributed by atoms with Gasteiger partial charge < -0.3 is 5.32 Å². The second-order valence-corrected chi connectivity index (χ2v) is 7.94. The van der Waals surface area contributed by atoms with Gasteiger partial charge in [0.15, 0.2) is 0 Å². The minimum atomic E-state index is 0.685. The zero-order chi connectivity index (χ0) is 14.1. The summed E-state index contributed by atoms with van der Waals surface area (Å²) in [6.07, 6.45) is 7.89. The van der Waals surface area contributed by atoms with Crippen LogP contribution < -0.4 is 5.32 Å². The molecule has 1 aromatic carbocycles. The molecule has 1 N–H and O–H groups in total. The Morgan fingerprint density at radius 1 is 1.10 bits per heavy atom. The average Bonchev–Trinajstić information content (AvgIpc) is 2.42. The molecule has 0 radical (unpaired) electrons. The maximum atomic E-state index is 3.97. The van der Waals surface area contributed by atoms with E-state index < -0.39 is 0 Å². The highest BCUT2D eigenvalue weighted by Gasteiger charge is 2.28. The van der Waals surface area contributed by atoms with Crippen LogP contribution in [0.2, 0.25) is 0 Å². The van der Waals surface area contributed by atoms with E-state index in [0.29, 0.717) is 6.04 Å². The topological polar surface area (TPSA) is 12.0 Å². The summed E-state index contributed by atoms with van der Waals surface area (Å²) < 4.78 is 1.22. The molecule has 2 aliphatic carbocycles. The van der Waals surface area contributed by atoms with Crippen LogP contribution >= 0.6 is 15.9 Å². The Hall–Kier alpha value is -0.340. The molecule has 0 amide bonds. The number of fused-ring (bicyclic) bond motifs is 1. The van der Waals surface area contributed by atoms with Gasteiger partial charge >= 0.3 is 0 Å². The molecule has 1 saturated carbocycles. The van der Waals surface area contributed by atoms with Crippen molar-refractivity contribution in [3.05, 3.63) is 33.8 Å². The van der Waals surface area contributed by atoms with Gasteiger partial charge in [-0.25, -0.2) is 0 Å². The van der Waals surface area contributed by atoms with Crippen LogP contribution in [0.3, 0.4) is 0 Å². The molecule has 20 heavy (non-hydrogen) atoms. The first-order valence-electron chi connectivity index (χ1n) is 8.15. The van der Waals surface area contributed by atoms with Crippen molar-refractivity contribution in [1.82, 2.24) is 5.32 Å². The predicted molar refractivity (Wildman–Crippen MR) is 89.1 cm³/mol. The van der Waals surface area contributed by atoms with E-state index in [-0.39, 0.29) is 0 Å². The SMILES string of the molecule is CC1CCC(NC2CCc3cc(Br)ccc3C2)C(C)C1. The third-order valence-corrected chi connectivity index (χ3v) is 5.77. The largest absolute Gasteiger partial charge is 0.311 e. The molecule has 3 rings (SSSR count). The third-order valence-electron chi connectivity index (χ3n) is 5.28. The highest BCUT2D eigenvalue weighted by atomic mass is 79.9. The molecule has 4 unspecified atom stereocenters. The summed E-state index contributed by atoms with van der Waals surface area (Å²) >= 11 is 3.58. The molecular formula is C18H26BrN. The van der Waals surface area contributed by atoms with Gasteiger partial charge in [-0.1, -0.05) is 35.8 Å². The smallest absolute Gasteiger partial charge is 0.0178 e. The summed E-state index contributed by atoms with van der Waals surface area (Å²) in [5, 5.41) is 3.97. The van der Waals surface area contributed by atoms with Gasteiger partial charge in [-0.3, -0.25) is 0 Å². The van der Waals surface area contributed by atoms with Gasteiger partial charge in [0.1, 0.15) is 0 Å². The van der Waals surface area contributed by atoms with Crippen LogP contribution in [0.1, 0.15) is 50.7 Å². The van der Waals surface area contributed by atoms with E-state index in [1.54, 1.807) is 11.1 Å². The highest BCUT2D eigenvalue weighted by molar-refractivity contribution is 9.10. The van der Waals surface area contributed by atoms with Crippen LogP contribution in [0.5, 0.6) is 0 Å². The first-order valence-corrected chi connectivity index (χ1v) is 8.94. The molecule has 0 aromatic heterocycles. The molecule has 0 saturated heterocycles. The van der Waals surface area contributed by atoms with E-state index in [0.717, 1.165) is 17.9 Å². The van der Waals surface area contributed by atoms with Gasteiger partial charge in [-0.2, -0.15) is 0 Å². The van der Waals surface area contributed by atoms with E-state index in [9.17, 15) is 0 Å². The summed E-state index contributed by atoms with van der Waals surface area (Å²) in [6, 6.07) is 8.22.